The zero-order valence-electron chi connectivity index (χ0n) is 8.27. The van der Waals surface area contributed by atoms with Crippen molar-refractivity contribution in [2.24, 2.45) is 7.05 Å². The first kappa shape index (κ1) is 9.21. The van der Waals surface area contributed by atoms with Crippen molar-refractivity contribution in [2.45, 2.75) is 12.8 Å². The zero-order valence-corrected chi connectivity index (χ0v) is 8.27. The molecule has 0 aliphatic heterocycles. The van der Waals surface area contributed by atoms with Crippen LogP contribution in [-0.4, -0.2) is 21.5 Å². The molecule has 2 rings (SSSR count). The van der Waals surface area contributed by atoms with Gasteiger partial charge in [-0.15, -0.1) is 0 Å². The highest BCUT2D eigenvalue weighted by Gasteiger charge is 2.00. The summed E-state index contributed by atoms with van der Waals surface area (Å²) in [6.45, 7) is 0.253. The number of fused-ring (bicyclic) bond motifs is 1. The molecule has 0 bridgehead atoms. The third-order valence-corrected chi connectivity index (χ3v) is 2.44. The van der Waals surface area contributed by atoms with Crippen LogP contribution in [0.4, 0.5) is 0 Å². The maximum atomic E-state index is 8.74. The van der Waals surface area contributed by atoms with E-state index in [9.17, 15) is 0 Å². The monoisotopic (exact) mass is 190 g/mol. The quantitative estimate of drug-likeness (QED) is 0.796. The van der Waals surface area contributed by atoms with Gasteiger partial charge >= 0.3 is 0 Å². The Morgan fingerprint density at radius 2 is 2.29 bits per heavy atom. The fourth-order valence-electron chi connectivity index (χ4n) is 1.63. The number of aliphatic hydroxyl groups is 1. The summed E-state index contributed by atoms with van der Waals surface area (Å²) in [6.07, 6.45) is 3.62. The van der Waals surface area contributed by atoms with Crippen LogP contribution in [0.1, 0.15) is 12.0 Å². The van der Waals surface area contributed by atoms with Gasteiger partial charge in [-0.25, -0.2) is 0 Å². The SMILES string of the molecule is Cn1ncc2ccc(CCCO)cc21. The van der Waals surface area contributed by atoms with Crippen molar-refractivity contribution in [1.82, 2.24) is 9.78 Å². The molecule has 0 unspecified atom stereocenters. The molecule has 0 aliphatic carbocycles. The summed E-state index contributed by atoms with van der Waals surface area (Å²) in [5, 5.41) is 14.1. The van der Waals surface area contributed by atoms with Gasteiger partial charge in [0.15, 0.2) is 0 Å². The molecule has 0 aliphatic rings. The normalized spacial score (nSPS) is 11.0. The minimum absolute atomic E-state index is 0.253. The van der Waals surface area contributed by atoms with Gasteiger partial charge in [-0.05, 0) is 24.5 Å². The number of hydrogen-bond donors (Lipinski definition) is 1. The van der Waals surface area contributed by atoms with Crippen molar-refractivity contribution in [1.29, 1.82) is 0 Å². The molecular formula is C11H14N2O. The second-order valence-electron chi connectivity index (χ2n) is 3.49. The Morgan fingerprint density at radius 1 is 1.43 bits per heavy atom. The van der Waals surface area contributed by atoms with Crippen molar-refractivity contribution in [2.75, 3.05) is 6.61 Å². The maximum Gasteiger partial charge on any atom is 0.0681 e. The van der Waals surface area contributed by atoms with E-state index < -0.39 is 0 Å². The Kier molecular flexibility index (Phi) is 2.50. The molecule has 1 aromatic heterocycles. The summed E-state index contributed by atoms with van der Waals surface area (Å²) in [5.41, 5.74) is 2.41. The summed E-state index contributed by atoms with van der Waals surface area (Å²) in [4.78, 5) is 0. The third kappa shape index (κ3) is 1.63. The largest absolute Gasteiger partial charge is 0.396 e. The lowest BCUT2D eigenvalue weighted by Crippen LogP contribution is -1.92. The van der Waals surface area contributed by atoms with Crippen LogP contribution in [-0.2, 0) is 13.5 Å². The summed E-state index contributed by atoms with van der Waals surface area (Å²) >= 11 is 0. The minimum atomic E-state index is 0.253. The Balaban J connectivity index is 2.34. The summed E-state index contributed by atoms with van der Waals surface area (Å²) < 4.78 is 1.87. The van der Waals surface area contributed by atoms with Crippen LogP contribution < -0.4 is 0 Å². The van der Waals surface area contributed by atoms with E-state index in [0.29, 0.717) is 0 Å². The van der Waals surface area contributed by atoms with E-state index >= 15 is 0 Å². The van der Waals surface area contributed by atoms with E-state index in [1.807, 2.05) is 17.9 Å². The van der Waals surface area contributed by atoms with E-state index in [-0.39, 0.29) is 6.61 Å². The topological polar surface area (TPSA) is 38.0 Å². The summed E-state index contributed by atoms with van der Waals surface area (Å²) in [7, 11) is 1.94. The van der Waals surface area contributed by atoms with Crippen molar-refractivity contribution in [3.63, 3.8) is 0 Å². The first-order valence-electron chi connectivity index (χ1n) is 4.83. The van der Waals surface area contributed by atoms with Crippen LogP contribution in [0.3, 0.4) is 0 Å². The molecule has 0 radical (unpaired) electrons. The number of rotatable bonds is 3. The standard InChI is InChI=1S/C11H14N2O/c1-13-11-7-9(3-2-6-14)4-5-10(11)8-12-13/h4-5,7-8,14H,2-3,6H2,1H3. The highest BCUT2D eigenvalue weighted by atomic mass is 16.2. The predicted molar refractivity (Wildman–Crippen MR) is 56.1 cm³/mol. The highest BCUT2D eigenvalue weighted by molar-refractivity contribution is 5.79. The molecule has 0 saturated carbocycles. The lowest BCUT2D eigenvalue weighted by Gasteiger charge is -2.00. The fraction of sp³-hybridized carbons (Fsp3) is 0.364. The molecule has 2 aromatic rings. The van der Waals surface area contributed by atoms with Gasteiger partial charge < -0.3 is 5.11 Å². The van der Waals surface area contributed by atoms with Crippen LogP contribution in [0.2, 0.25) is 0 Å². The average molecular weight is 190 g/mol. The van der Waals surface area contributed by atoms with Gasteiger partial charge in [0.25, 0.3) is 0 Å². The van der Waals surface area contributed by atoms with Crippen molar-refractivity contribution in [3.8, 4) is 0 Å². The lowest BCUT2D eigenvalue weighted by atomic mass is 10.1. The van der Waals surface area contributed by atoms with E-state index in [0.717, 1.165) is 18.4 Å². The van der Waals surface area contributed by atoms with Gasteiger partial charge in [-0.3, -0.25) is 4.68 Å². The van der Waals surface area contributed by atoms with Crippen LogP contribution in [0.15, 0.2) is 24.4 Å². The zero-order chi connectivity index (χ0) is 9.97. The highest BCUT2D eigenvalue weighted by Crippen LogP contribution is 2.15. The molecule has 1 heterocycles. The van der Waals surface area contributed by atoms with E-state index in [1.54, 1.807) is 0 Å². The van der Waals surface area contributed by atoms with Gasteiger partial charge in [-0.1, -0.05) is 12.1 Å². The van der Waals surface area contributed by atoms with Gasteiger partial charge in [0, 0.05) is 19.0 Å². The molecule has 0 spiro atoms. The number of aliphatic hydroxyl groups excluding tert-OH is 1. The number of nitrogens with zero attached hydrogens (tertiary/aromatic N) is 2. The second-order valence-corrected chi connectivity index (χ2v) is 3.49. The van der Waals surface area contributed by atoms with Crippen molar-refractivity contribution in [3.05, 3.63) is 30.0 Å². The molecule has 0 saturated heterocycles. The van der Waals surface area contributed by atoms with Gasteiger partial charge in [0.2, 0.25) is 0 Å². The number of aryl methyl sites for hydroxylation is 2. The van der Waals surface area contributed by atoms with Crippen molar-refractivity contribution < 1.29 is 5.11 Å². The van der Waals surface area contributed by atoms with Crippen LogP contribution in [0.5, 0.6) is 0 Å². The molecule has 3 nitrogen and oxygen atoms in total. The summed E-state index contributed by atoms with van der Waals surface area (Å²) in [6, 6.07) is 6.31. The molecule has 0 atom stereocenters. The number of aromatic nitrogens is 2. The second kappa shape index (κ2) is 3.80. The molecule has 1 N–H and O–H groups in total. The smallest absolute Gasteiger partial charge is 0.0681 e. The Labute approximate surface area is 83.0 Å². The van der Waals surface area contributed by atoms with E-state index in [4.69, 9.17) is 5.11 Å². The average Bonchev–Trinajstić information content (AvgIpc) is 2.57. The Hall–Kier alpha value is -1.35. The van der Waals surface area contributed by atoms with Gasteiger partial charge in [-0.2, -0.15) is 5.10 Å². The first-order chi connectivity index (χ1) is 6.81. The molecule has 3 heteroatoms. The minimum Gasteiger partial charge on any atom is -0.396 e. The maximum absolute atomic E-state index is 8.74. The first-order valence-corrected chi connectivity index (χ1v) is 4.83. The molecular weight excluding hydrogens is 176 g/mol. The Morgan fingerprint density at radius 3 is 3.07 bits per heavy atom. The molecule has 0 fully saturated rings. The molecule has 14 heavy (non-hydrogen) atoms. The lowest BCUT2D eigenvalue weighted by molar-refractivity contribution is 0.288. The van der Waals surface area contributed by atoms with E-state index in [1.165, 1.54) is 10.9 Å². The van der Waals surface area contributed by atoms with Crippen LogP contribution in [0.25, 0.3) is 10.9 Å². The van der Waals surface area contributed by atoms with Crippen molar-refractivity contribution >= 4 is 10.9 Å². The molecule has 74 valence electrons. The Bertz CT molecular complexity index is 434. The van der Waals surface area contributed by atoms with E-state index in [2.05, 4.69) is 23.3 Å². The van der Waals surface area contributed by atoms with Crippen LogP contribution in [0, 0.1) is 0 Å². The summed E-state index contributed by atoms with van der Waals surface area (Å²) in [5.74, 6) is 0. The number of benzene rings is 1. The van der Waals surface area contributed by atoms with Gasteiger partial charge in [0.1, 0.15) is 0 Å². The number of hydrogen-bond acceptors (Lipinski definition) is 2. The predicted octanol–water partition coefficient (Wildman–Crippen LogP) is 1.50. The molecule has 1 aromatic carbocycles. The van der Waals surface area contributed by atoms with Crippen LogP contribution >= 0.6 is 0 Å². The van der Waals surface area contributed by atoms with Gasteiger partial charge in [0.05, 0.1) is 11.7 Å². The molecule has 0 amide bonds. The third-order valence-electron chi connectivity index (χ3n) is 2.44. The fourth-order valence-corrected chi connectivity index (χ4v) is 1.63.